The van der Waals surface area contributed by atoms with E-state index in [-0.39, 0.29) is 12.5 Å². The summed E-state index contributed by atoms with van der Waals surface area (Å²) in [5.41, 5.74) is 5.03. The molecule has 1 aromatic heterocycles. The van der Waals surface area contributed by atoms with Crippen molar-refractivity contribution in [3.8, 4) is 11.1 Å². The van der Waals surface area contributed by atoms with Crippen LogP contribution in [0.1, 0.15) is 29.0 Å². The topological polar surface area (TPSA) is 51.2 Å². The van der Waals surface area contributed by atoms with Crippen LogP contribution in [0.15, 0.2) is 66.9 Å². The third kappa shape index (κ3) is 4.36. The van der Waals surface area contributed by atoms with Crippen LogP contribution in [-0.2, 0) is 4.74 Å². The molecule has 0 spiro atoms. The number of hydrogen-bond acceptors (Lipinski definition) is 3. The van der Waals surface area contributed by atoms with Crippen LogP contribution >= 0.6 is 11.6 Å². The highest BCUT2D eigenvalue weighted by Crippen LogP contribution is 2.44. The Labute approximate surface area is 179 Å². The number of rotatable bonds is 6. The molecule has 0 saturated carbocycles. The minimum Gasteiger partial charge on any atom is -0.449 e. The number of pyridine rings is 1. The number of carbonyl (C=O) groups is 1. The van der Waals surface area contributed by atoms with Gasteiger partial charge in [0.25, 0.3) is 0 Å². The van der Waals surface area contributed by atoms with E-state index < -0.39 is 12.0 Å². The van der Waals surface area contributed by atoms with E-state index in [2.05, 4.69) is 34.6 Å². The van der Waals surface area contributed by atoms with Crippen LogP contribution in [0, 0.1) is 5.95 Å². The molecule has 1 heterocycles. The van der Waals surface area contributed by atoms with Crippen LogP contribution in [0.4, 0.5) is 9.18 Å². The average Bonchev–Trinajstić information content (AvgIpc) is 3.08. The molecule has 1 amide bonds. The van der Waals surface area contributed by atoms with Crippen molar-refractivity contribution in [1.29, 1.82) is 0 Å². The van der Waals surface area contributed by atoms with Gasteiger partial charge in [-0.15, -0.1) is 0 Å². The summed E-state index contributed by atoms with van der Waals surface area (Å²) in [7, 11) is 0. The van der Waals surface area contributed by atoms with E-state index in [1.54, 1.807) is 12.2 Å². The normalized spacial score (nSPS) is 12.6. The van der Waals surface area contributed by atoms with Crippen molar-refractivity contribution in [2.24, 2.45) is 0 Å². The number of ether oxygens (including phenoxy) is 1. The second kappa shape index (κ2) is 9.09. The summed E-state index contributed by atoms with van der Waals surface area (Å²) in [5.74, 6) is -0.554. The van der Waals surface area contributed by atoms with E-state index in [9.17, 15) is 9.18 Å². The summed E-state index contributed by atoms with van der Waals surface area (Å²) in [4.78, 5) is 15.7. The van der Waals surface area contributed by atoms with Gasteiger partial charge in [0.15, 0.2) is 0 Å². The molecule has 0 radical (unpaired) electrons. The molecule has 0 saturated heterocycles. The Bertz CT molecular complexity index is 1050. The third-order valence-corrected chi connectivity index (χ3v) is 5.26. The number of nitrogens with one attached hydrogen (secondary N) is 1. The number of halogens is 2. The van der Waals surface area contributed by atoms with Crippen molar-refractivity contribution in [2.45, 2.75) is 12.3 Å². The largest absolute Gasteiger partial charge is 0.449 e. The fourth-order valence-corrected chi connectivity index (χ4v) is 3.84. The molecular weight excluding hydrogens is 403 g/mol. The van der Waals surface area contributed by atoms with E-state index in [4.69, 9.17) is 16.3 Å². The van der Waals surface area contributed by atoms with E-state index in [1.165, 1.54) is 34.5 Å². The van der Waals surface area contributed by atoms with Crippen molar-refractivity contribution < 1.29 is 13.9 Å². The molecular formula is C24H20ClFN2O2. The van der Waals surface area contributed by atoms with Gasteiger partial charge in [0.1, 0.15) is 6.61 Å². The van der Waals surface area contributed by atoms with Gasteiger partial charge in [-0.2, -0.15) is 4.39 Å². The van der Waals surface area contributed by atoms with Gasteiger partial charge in [0.2, 0.25) is 5.95 Å². The quantitative estimate of drug-likeness (QED) is 0.402. The van der Waals surface area contributed by atoms with Crippen molar-refractivity contribution in [3.63, 3.8) is 0 Å². The van der Waals surface area contributed by atoms with Gasteiger partial charge >= 0.3 is 6.09 Å². The van der Waals surface area contributed by atoms with Gasteiger partial charge in [-0.05, 0) is 34.7 Å². The number of alkyl carbamates (subject to hydrolysis) is 1. The first-order valence-corrected chi connectivity index (χ1v) is 10.1. The Kier molecular flexibility index (Phi) is 6.10. The molecule has 0 atom stereocenters. The molecule has 152 valence electrons. The number of fused-ring (bicyclic) bond motifs is 3. The fraction of sp³-hybridized carbons (Fsp3) is 0.167. The maximum absolute atomic E-state index is 13.6. The van der Waals surface area contributed by atoms with E-state index >= 15 is 0 Å². The molecule has 0 aliphatic heterocycles. The third-order valence-electron chi connectivity index (χ3n) is 5.05. The van der Waals surface area contributed by atoms with Gasteiger partial charge in [-0.1, -0.05) is 72.3 Å². The summed E-state index contributed by atoms with van der Waals surface area (Å²) < 4.78 is 19.0. The van der Waals surface area contributed by atoms with Gasteiger partial charge in [0.05, 0.1) is 5.02 Å². The summed E-state index contributed by atoms with van der Waals surface area (Å²) in [6, 6.07) is 17.9. The number of aromatic nitrogens is 1. The Morgan fingerprint density at radius 3 is 2.50 bits per heavy atom. The fourth-order valence-electron chi connectivity index (χ4n) is 3.67. The number of amides is 1. The smallest absolute Gasteiger partial charge is 0.407 e. The zero-order valence-electron chi connectivity index (χ0n) is 16.1. The zero-order chi connectivity index (χ0) is 20.9. The number of benzene rings is 2. The van der Waals surface area contributed by atoms with Crippen LogP contribution < -0.4 is 5.32 Å². The summed E-state index contributed by atoms with van der Waals surface area (Å²) in [6.07, 6.45) is 4.65. The van der Waals surface area contributed by atoms with Crippen LogP contribution in [0.5, 0.6) is 0 Å². The predicted octanol–water partition coefficient (Wildman–Crippen LogP) is 5.82. The highest BCUT2D eigenvalue weighted by atomic mass is 35.5. The van der Waals surface area contributed by atoms with Crippen LogP contribution in [0.2, 0.25) is 5.02 Å². The van der Waals surface area contributed by atoms with Crippen molar-refractivity contribution >= 4 is 23.8 Å². The van der Waals surface area contributed by atoms with Gasteiger partial charge in [-0.25, -0.2) is 9.78 Å². The molecule has 1 aliphatic carbocycles. The highest BCUT2D eigenvalue weighted by molar-refractivity contribution is 6.30. The highest BCUT2D eigenvalue weighted by Gasteiger charge is 2.28. The minimum atomic E-state index is -0.583. The Morgan fingerprint density at radius 2 is 1.80 bits per heavy atom. The molecule has 3 aromatic rings. The number of carbonyl (C=O) groups excluding carboxylic acids is 1. The van der Waals surface area contributed by atoms with E-state index in [0.29, 0.717) is 23.6 Å². The van der Waals surface area contributed by atoms with Crippen LogP contribution in [0.25, 0.3) is 17.2 Å². The first kappa shape index (κ1) is 20.1. The molecule has 1 N–H and O–H groups in total. The standard InChI is InChI=1S/C24H20ClFN2O2/c25-17-13-16(23(26)28-14-17)7-5-6-12-27-24(29)30-15-22-20-10-3-1-8-18(20)19-9-2-4-11-21(19)22/h1-5,7-11,13-14,22H,6,12,15H2,(H,27,29). The Morgan fingerprint density at radius 1 is 1.13 bits per heavy atom. The maximum atomic E-state index is 13.6. The molecule has 30 heavy (non-hydrogen) atoms. The molecule has 0 unspecified atom stereocenters. The van der Waals surface area contributed by atoms with Crippen molar-refractivity contribution in [2.75, 3.05) is 13.2 Å². The summed E-state index contributed by atoms with van der Waals surface area (Å²) in [6.45, 7) is 0.651. The second-order valence-corrected chi connectivity index (χ2v) is 7.41. The Hall–Kier alpha value is -3.18. The molecule has 0 bridgehead atoms. The molecule has 1 aliphatic rings. The maximum Gasteiger partial charge on any atom is 0.407 e. The lowest BCUT2D eigenvalue weighted by atomic mass is 9.98. The van der Waals surface area contributed by atoms with Gasteiger partial charge < -0.3 is 10.1 Å². The van der Waals surface area contributed by atoms with Gasteiger partial charge in [0, 0.05) is 24.2 Å². The monoisotopic (exact) mass is 422 g/mol. The second-order valence-electron chi connectivity index (χ2n) is 6.98. The first-order valence-electron chi connectivity index (χ1n) is 9.70. The molecule has 6 heteroatoms. The first-order chi connectivity index (χ1) is 14.6. The van der Waals surface area contributed by atoms with E-state index in [0.717, 1.165) is 0 Å². The molecule has 2 aromatic carbocycles. The zero-order valence-corrected chi connectivity index (χ0v) is 16.9. The number of hydrogen-bond donors (Lipinski definition) is 1. The van der Waals surface area contributed by atoms with Crippen LogP contribution in [-0.4, -0.2) is 24.2 Å². The molecule has 0 fully saturated rings. The van der Waals surface area contributed by atoms with E-state index in [1.807, 2.05) is 24.3 Å². The van der Waals surface area contributed by atoms with Gasteiger partial charge in [-0.3, -0.25) is 0 Å². The lowest BCUT2D eigenvalue weighted by molar-refractivity contribution is 0.143. The van der Waals surface area contributed by atoms with Crippen LogP contribution in [0.3, 0.4) is 0 Å². The molecule has 4 nitrogen and oxygen atoms in total. The Balaban J connectivity index is 1.28. The minimum absolute atomic E-state index is 0.0290. The lowest BCUT2D eigenvalue weighted by Gasteiger charge is -2.14. The number of nitrogens with zero attached hydrogens (tertiary/aromatic N) is 1. The summed E-state index contributed by atoms with van der Waals surface area (Å²) in [5, 5.41) is 3.09. The lowest BCUT2D eigenvalue weighted by Crippen LogP contribution is -2.26. The average molecular weight is 423 g/mol. The SMILES string of the molecule is O=C(NCCC=Cc1cc(Cl)cnc1F)OCC1c2ccccc2-c2ccccc21. The predicted molar refractivity (Wildman–Crippen MR) is 116 cm³/mol. The molecule has 4 rings (SSSR count). The summed E-state index contributed by atoms with van der Waals surface area (Å²) >= 11 is 5.81. The van der Waals surface area contributed by atoms with Crippen molar-refractivity contribution in [3.05, 3.63) is 94.5 Å². The van der Waals surface area contributed by atoms with Crippen molar-refractivity contribution in [1.82, 2.24) is 10.3 Å².